The first-order valence-corrected chi connectivity index (χ1v) is 6.97. The molecule has 3 nitrogen and oxygen atoms in total. The largest absolute Gasteiger partial charge is 0.478 e. The summed E-state index contributed by atoms with van der Waals surface area (Å²) in [6.07, 6.45) is -4.35. The van der Waals surface area contributed by atoms with Crippen LogP contribution in [-0.4, -0.2) is 18.1 Å². The van der Waals surface area contributed by atoms with Crippen LogP contribution in [0.2, 0.25) is 0 Å². The van der Waals surface area contributed by atoms with Crippen LogP contribution in [0.3, 0.4) is 0 Å². The fourth-order valence-electron chi connectivity index (χ4n) is 1.73. The molecule has 0 atom stereocenters. The van der Waals surface area contributed by atoms with E-state index in [1.165, 1.54) is 36.2 Å². The first-order chi connectivity index (χ1) is 10.3. The predicted octanol–water partition coefficient (Wildman–Crippen LogP) is 4.55. The summed E-state index contributed by atoms with van der Waals surface area (Å²) in [4.78, 5) is 11.5. The highest BCUT2D eigenvalue weighted by Crippen LogP contribution is 2.32. The minimum absolute atomic E-state index is 0.182. The normalized spacial score (nSPS) is 11.3. The molecular weight excluding hydrogens is 315 g/mol. The third kappa shape index (κ3) is 3.94. The quantitative estimate of drug-likeness (QED) is 0.837. The molecule has 0 aliphatic heterocycles. The summed E-state index contributed by atoms with van der Waals surface area (Å²) in [5.74, 6) is -1.01. The van der Waals surface area contributed by atoms with E-state index in [0.717, 1.165) is 17.0 Å². The zero-order valence-corrected chi connectivity index (χ0v) is 12.3. The van der Waals surface area contributed by atoms with Crippen LogP contribution in [0.15, 0.2) is 53.4 Å². The number of rotatable bonds is 4. The van der Waals surface area contributed by atoms with Gasteiger partial charge in [0.25, 0.3) is 0 Å². The van der Waals surface area contributed by atoms with Crippen LogP contribution < -0.4 is 4.31 Å². The van der Waals surface area contributed by atoms with E-state index < -0.39 is 17.7 Å². The van der Waals surface area contributed by atoms with Crippen LogP contribution in [0.1, 0.15) is 15.9 Å². The number of halogens is 3. The highest BCUT2D eigenvalue weighted by Gasteiger charge is 2.30. The van der Waals surface area contributed by atoms with Gasteiger partial charge in [-0.1, -0.05) is 0 Å². The molecule has 0 aromatic heterocycles. The standard InChI is InChI=1S/C15H12F3NO2S/c1-19(12-6-4-11(5-7-12)15(16,17)18)22-13-8-2-10(3-9-13)14(20)21/h2-9H,1H3,(H,20,21). The molecule has 0 bridgehead atoms. The van der Waals surface area contributed by atoms with E-state index in [4.69, 9.17) is 5.11 Å². The fraction of sp³-hybridized carbons (Fsp3) is 0.133. The molecule has 2 aromatic rings. The first-order valence-electron chi connectivity index (χ1n) is 6.19. The number of alkyl halides is 3. The Kier molecular flexibility index (Phi) is 4.65. The average Bonchev–Trinajstić information content (AvgIpc) is 2.47. The van der Waals surface area contributed by atoms with Crippen molar-refractivity contribution >= 4 is 23.6 Å². The summed E-state index contributed by atoms with van der Waals surface area (Å²) in [7, 11) is 1.72. The Bertz CT molecular complexity index is 654. The average molecular weight is 327 g/mol. The molecule has 0 amide bonds. The maximum atomic E-state index is 12.5. The number of nitrogens with zero attached hydrogens (tertiary/aromatic N) is 1. The van der Waals surface area contributed by atoms with Gasteiger partial charge in [0, 0.05) is 17.6 Å². The molecule has 0 aliphatic rings. The van der Waals surface area contributed by atoms with Gasteiger partial charge in [0.2, 0.25) is 0 Å². The van der Waals surface area contributed by atoms with E-state index in [1.807, 2.05) is 0 Å². The maximum absolute atomic E-state index is 12.5. The Morgan fingerprint density at radius 3 is 2.05 bits per heavy atom. The van der Waals surface area contributed by atoms with Gasteiger partial charge >= 0.3 is 12.1 Å². The van der Waals surface area contributed by atoms with Crippen LogP contribution in [-0.2, 0) is 6.18 Å². The Morgan fingerprint density at radius 2 is 1.59 bits per heavy atom. The van der Waals surface area contributed by atoms with Crippen molar-refractivity contribution in [3.8, 4) is 0 Å². The van der Waals surface area contributed by atoms with Gasteiger partial charge in [-0.15, -0.1) is 0 Å². The molecule has 0 heterocycles. The Morgan fingerprint density at radius 1 is 1.05 bits per heavy atom. The number of hydrogen-bond donors (Lipinski definition) is 1. The lowest BCUT2D eigenvalue weighted by Gasteiger charge is -2.18. The zero-order chi connectivity index (χ0) is 16.3. The van der Waals surface area contributed by atoms with Crippen molar-refractivity contribution in [1.82, 2.24) is 0 Å². The van der Waals surface area contributed by atoms with Crippen molar-refractivity contribution in [3.05, 3.63) is 59.7 Å². The van der Waals surface area contributed by atoms with Crippen LogP contribution in [0, 0.1) is 0 Å². The molecule has 22 heavy (non-hydrogen) atoms. The van der Waals surface area contributed by atoms with E-state index in [0.29, 0.717) is 5.69 Å². The molecule has 0 spiro atoms. The Balaban J connectivity index is 2.08. The summed E-state index contributed by atoms with van der Waals surface area (Å²) in [5, 5.41) is 8.82. The first kappa shape index (κ1) is 16.2. The van der Waals surface area contributed by atoms with Crippen LogP contribution in [0.4, 0.5) is 18.9 Å². The van der Waals surface area contributed by atoms with E-state index >= 15 is 0 Å². The second-order valence-electron chi connectivity index (χ2n) is 4.46. The molecule has 0 fully saturated rings. The van der Waals surface area contributed by atoms with E-state index in [-0.39, 0.29) is 5.56 Å². The molecule has 2 rings (SSSR count). The minimum atomic E-state index is -4.35. The summed E-state index contributed by atoms with van der Waals surface area (Å²) in [5.41, 5.74) is 0.0994. The van der Waals surface area contributed by atoms with Crippen LogP contribution in [0.25, 0.3) is 0 Å². The highest BCUT2D eigenvalue weighted by atomic mass is 32.2. The number of aromatic carboxylic acids is 1. The van der Waals surface area contributed by atoms with Crippen molar-refractivity contribution in [2.75, 3.05) is 11.4 Å². The second-order valence-corrected chi connectivity index (χ2v) is 5.66. The molecule has 0 saturated heterocycles. The number of carbonyl (C=O) groups is 1. The van der Waals surface area contributed by atoms with Crippen molar-refractivity contribution in [3.63, 3.8) is 0 Å². The zero-order valence-electron chi connectivity index (χ0n) is 11.5. The molecule has 2 aromatic carbocycles. The number of benzene rings is 2. The van der Waals surface area contributed by atoms with Gasteiger partial charge in [0.05, 0.1) is 11.1 Å². The maximum Gasteiger partial charge on any atom is 0.416 e. The number of anilines is 1. The number of carboxylic acids is 1. The van der Waals surface area contributed by atoms with E-state index in [1.54, 1.807) is 23.5 Å². The highest BCUT2D eigenvalue weighted by molar-refractivity contribution is 8.00. The summed E-state index contributed by atoms with van der Waals surface area (Å²) in [6, 6.07) is 11.1. The second kappa shape index (κ2) is 6.31. The van der Waals surface area contributed by atoms with Crippen LogP contribution >= 0.6 is 11.9 Å². The van der Waals surface area contributed by atoms with Gasteiger partial charge in [-0.25, -0.2) is 4.79 Å². The molecule has 0 unspecified atom stereocenters. The van der Waals surface area contributed by atoms with Crippen molar-refractivity contribution in [2.45, 2.75) is 11.1 Å². The smallest absolute Gasteiger partial charge is 0.416 e. The predicted molar refractivity (Wildman–Crippen MR) is 79.1 cm³/mol. The Hall–Kier alpha value is -2.15. The van der Waals surface area contributed by atoms with Gasteiger partial charge in [0.15, 0.2) is 0 Å². The molecule has 7 heteroatoms. The number of hydrogen-bond acceptors (Lipinski definition) is 3. The third-order valence-electron chi connectivity index (χ3n) is 2.90. The van der Waals surface area contributed by atoms with Gasteiger partial charge in [0.1, 0.15) is 0 Å². The van der Waals surface area contributed by atoms with E-state index in [9.17, 15) is 18.0 Å². The lowest BCUT2D eigenvalue weighted by atomic mass is 10.2. The van der Waals surface area contributed by atoms with Crippen molar-refractivity contribution in [2.24, 2.45) is 0 Å². The molecule has 0 radical (unpaired) electrons. The molecule has 0 saturated carbocycles. The van der Waals surface area contributed by atoms with E-state index in [2.05, 4.69) is 0 Å². The number of carboxylic acid groups (broad SMARTS) is 1. The van der Waals surface area contributed by atoms with Gasteiger partial charge in [-0.05, 0) is 60.5 Å². The topological polar surface area (TPSA) is 40.5 Å². The monoisotopic (exact) mass is 327 g/mol. The Labute approximate surface area is 129 Å². The molecule has 116 valence electrons. The third-order valence-corrected chi connectivity index (χ3v) is 3.87. The van der Waals surface area contributed by atoms with Crippen LogP contribution in [0.5, 0.6) is 0 Å². The molecule has 0 aliphatic carbocycles. The fourth-order valence-corrected chi connectivity index (χ4v) is 2.53. The summed E-state index contributed by atoms with van der Waals surface area (Å²) < 4.78 is 39.2. The molecule has 1 N–H and O–H groups in total. The van der Waals surface area contributed by atoms with Crippen molar-refractivity contribution < 1.29 is 23.1 Å². The lowest BCUT2D eigenvalue weighted by Crippen LogP contribution is -2.08. The van der Waals surface area contributed by atoms with Gasteiger partial charge in [-0.3, -0.25) is 0 Å². The van der Waals surface area contributed by atoms with Gasteiger partial charge in [-0.2, -0.15) is 13.2 Å². The summed E-state index contributed by atoms with van der Waals surface area (Å²) in [6.45, 7) is 0. The lowest BCUT2D eigenvalue weighted by molar-refractivity contribution is -0.137. The summed E-state index contributed by atoms with van der Waals surface area (Å²) >= 11 is 1.29. The SMILES string of the molecule is CN(Sc1ccc(C(=O)O)cc1)c1ccc(C(F)(F)F)cc1. The van der Waals surface area contributed by atoms with Crippen molar-refractivity contribution in [1.29, 1.82) is 0 Å². The molecular formula is C15H12F3NO2S. The van der Waals surface area contributed by atoms with Gasteiger partial charge < -0.3 is 9.41 Å². The minimum Gasteiger partial charge on any atom is -0.478 e.